The van der Waals surface area contributed by atoms with E-state index in [9.17, 15) is 13.2 Å². The van der Waals surface area contributed by atoms with Gasteiger partial charge >= 0.3 is 6.18 Å². The van der Waals surface area contributed by atoms with Crippen LogP contribution in [-0.4, -0.2) is 0 Å². The molecule has 0 unspecified atom stereocenters. The number of fused-ring (bicyclic) bond motifs is 1. The van der Waals surface area contributed by atoms with E-state index in [1.165, 1.54) is 11.3 Å². The highest BCUT2D eigenvalue weighted by atomic mass is 35.5. The molecule has 1 radical (unpaired) electrons. The minimum atomic E-state index is -4.35. The van der Waals surface area contributed by atoms with Gasteiger partial charge in [-0.25, -0.2) is 0 Å². The summed E-state index contributed by atoms with van der Waals surface area (Å²) in [6.07, 6.45) is -4.35. The van der Waals surface area contributed by atoms with Crippen LogP contribution in [0.15, 0.2) is 17.5 Å². The summed E-state index contributed by atoms with van der Waals surface area (Å²) in [6, 6.07) is 4.70. The lowest BCUT2D eigenvalue weighted by molar-refractivity contribution is -0.137. The normalized spacial score (nSPS) is 12.3. The zero-order chi connectivity index (χ0) is 10.3. The molecule has 0 saturated heterocycles. The molecule has 0 aliphatic rings. The summed E-state index contributed by atoms with van der Waals surface area (Å²) >= 11 is 6.98. The molecule has 2 rings (SSSR count). The molecule has 1 aromatic heterocycles. The van der Waals surface area contributed by atoms with Crippen LogP contribution in [0.25, 0.3) is 10.1 Å². The number of hydrogen-bond acceptors (Lipinski definition) is 1. The highest BCUT2D eigenvalue weighted by Crippen LogP contribution is 2.36. The third-order valence-electron chi connectivity index (χ3n) is 1.76. The summed E-state index contributed by atoms with van der Waals surface area (Å²) in [4.78, 5) is 0. The Labute approximate surface area is 86.9 Å². The number of halogens is 4. The highest BCUT2D eigenvalue weighted by Gasteiger charge is 2.31. The van der Waals surface area contributed by atoms with Gasteiger partial charge in [-0.15, -0.1) is 11.3 Å². The Morgan fingerprint density at radius 1 is 1.29 bits per heavy atom. The number of benzene rings is 1. The topological polar surface area (TPSA) is 0 Å². The fourth-order valence-electron chi connectivity index (χ4n) is 1.14. The van der Waals surface area contributed by atoms with Crippen molar-refractivity contribution < 1.29 is 13.2 Å². The molecule has 0 bridgehead atoms. The van der Waals surface area contributed by atoms with Crippen LogP contribution in [0.2, 0.25) is 5.02 Å². The Bertz CT molecular complexity index is 472. The Kier molecular flexibility index (Phi) is 2.20. The first kappa shape index (κ1) is 9.80. The quantitative estimate of drug-likeness (QED) is 0.636. The highest BCUT2D eigenvalue weighted by molar-refractivity contribution is 7.17. The second-order valence-corrected chi connectivity index (χ2v) is 4.00. The van der Waals surface area contributed by atoms with Crippen LogP contribution >= 0.6 is 22.9 Å². The first-order chi connectivity index (χ1) is 6.48. The van der Waals surface area contributed by atoms with Gasteiger partial charge in [0, 0.05) is 11.5 Å². The predicted octanol–water partition coefficient (Wildman–Crippen LogP) is 4.37. The maximum absolute atomic E-state index is 12.3. The third kappa shape index (κ3) is 1.60. The molecular weight excluding hydrogens is 233 g/mol. The Hall–Kier alpha value is -0.740. The van der Waals surface area contributed by atoms with E-state index in [4.69, 9.17) is 11.6 Å². The molecule has 0 amide bonds. The molecular formula is C9H3ClF3S. The molecule has 0 N–H and O–H groups in total. The van der Waals surface area contributed by atoms with Crippen molar-refractivity contribution in [1.82, 2.24) is 0 Å². The molecule has 0 aliphatic carbocycles. The monoisotopic (exact) mass is 235 g/mol. The first-order valence-corrected chi connectivity index (χ1v) is 4.90. The minimum Gasteiger partial charge on any atom is -0.166 e. The van der Waals surface area contributed by atoms with Crippen molar-refractivity contribution in [2.45, 2.75) is 6.18 Å². The van der Waals surface area contributed by atoms with Crippen LogP contribution in [0.4, 0.5) is 13.2 Å². The lowest BCUT2D eigenvalue weighted by atomic mass is 10.1. The van der Waals surface area contributed by atoms with Gasteiger partial charge in [0.1, 0.15) is 0 Å². The van der Waals surface area contributed by atoms with Crippen molar-refractivity contribution in [1.29, 1.82) is 0 Å². The van der Waals surface area contributed by atoms with Crippen molar-refractivity contribution in [2.24, 2.45) is 0 Å². The lowest BCUT2D eigenvalue weighted by Crippen LogP contribution is -2.04. The van der Waals surface area contributed by atoms with E-state index in [-0.39, 0.29) is 5.02 Å². The molecule has 5 heteroatoms. The van der Waals surface area contributed by atoms with Crippen LogP contribution in [0.1, 0.15) is 5.56 Å². The Morgan fingerprint density at radius 2 is 2.00 bits per heavy atom. The molecule has 2 aromatic rings. The molecule has 0 saturated carbocycles. The van der Waals surface area contributed by atoms with E-state index in [1.807, 2.05) is 0 Å². The van der Waals surface area contributed by atoms with Crippen LogP contribution in [0.5, 0.6) is 0 Å². The second kappa shape index (κ2) is 3.14. The fourth-order valence-corrected chi connectivity index (χ4v) is 2.21. The zero-order valence-electron chi connectivity index (χ0n) is 6.65. The summed E-state index contributed by atoms with van der Waals surface area (Å²) in [6.45, 7) is 0. The molecule has 1 aromatic carbocycles. The van der Waals surface area contributed by atoms with E-state index in [1.54, 1.807) is 5.38 Å². The number of thiophene rings is 1. The van der Waals surface area contributed by atoms with E-state index < -0.39 is 11.7 Å². The Morgan fingerprint density at radius 3 is 2.64 bits per heavy atom. The minimum absolute atomic E-state index is 0.126. The SMILES string of the molecule is FC(F)(F)c1cc(Cl)c2sc[c]c2c1. The van der Waals surface area contributed by atoms with Crippen molar-refractivity contribution in [3.05, 3.63) is 34.2 Å². The molecule has 73 valence electrons. The molecule has 0 fully saturated rings. The van der Waals surface area contributed by atoms with Gasteiger partial charge < -0.3 is 0 Å². The summed E-state index contributed by atoms with van der Waals surface area (Å²) in [5.41, 5.74) is -0.732. The van der Waals surface area contributed by atoms with Gasteiger partial charge in [-0.05, 0) is 17.5 Å². The average molecular weight is 236 g/mol. The molecule has 14 heavy (non-hydrogen) atoms. The number of rotatable bonds is 0. The Balaban J connectivity index is 2.70. The largest absolute Gasteiger partial charge is 0.416 e. The maximum Gasteiger partial charge on any atom is 0.416 e. The van der Waals surface area contributed by atoms with Crippen molar-refractivity contribution >= 4 is 33.0 Å². The summed E-state index contributed by atoms with van der Waals surface area (Å²) in [7, 11) is 0. The summed E-state index contributed by atoms with van der Waals surface area (Å²) < 4.78 is 37.6. The molecule has 0 atom stereocenters. The van der Waals surface area contributed by atoms with E-state index in [2.05, 4.69) is 6.07 Å². The van der Waals surface area contributed by atoms with Crippen LogP contribution in [0.3, 0.4) is 0 Å². The van der Waals surface area contributed by atoms with Crippen molar-refractivity contribution in [3.63, 3.8) is 0 Å². The lowest BCUT2D eigenvalue weighted by Gasteiger charge is -2.06. The third-order valence-corrected chi connectivity index (χ3v) is 3.08. The summed E-state index contributed by atoms with van der Waals surface area (Å²) in [5.74, 6) is 0. The molecule has 0 nitrogen and oxygen atoms in total. The molecule has 0 aliphatic heterocycles. The van der Waals surface area contributed by atoms with Gasteiger partial charge in [0.2, 0.25) is 0 Å². The van der Waals surface area contributed by atoms with E-state index in [0.29, 0.717) is 10.1 Å². The predicted molar refractivity (Wildman–Crippen MR) is 50.7 cm³/mol. The van der Waals surface area contributed by atoms with Crippen LogP contribution in [0, 0.1) is 6.07 Å². The number of hydrogen-bond donors (Lipinski definition) is 0. The second-order valence-electron chi connectivity index (χ2n) is 2.71. The average Bonchev–Trinajstić information content (AvgIpc) is 2.50. The van der Waals surface area contributed by atoms with E-state index in [0.717, 1.165) is 12.1 Å². The van der Waals surface area contributed by atoms with Gasteiger partial charge in [-0.2, -0.15) is 13.2 Å². The van der Waals surface area contributed by atoms with Gasteiger partial charge in [0.15, 0.2) is 0 Å². The summed E-state index contributed by atoms with van der Waals surface area (Å²) in [5, 5.41) is 2.13. The van der Waals surface area contributed by atoms with Gasteiger partial charge in [-0.3, -0.25) is 0 Å². The van der Waals surface area contributed by atoms with Crippen molar-refractivity contribution in [2.75, 3.05) is 0 Å². The van der Waals surface area contributed by atoms with Gasteiger partial charge in [0.25, 0.3) is 0 Å². The van der Waals surface area contributed by atoms with Crippen LogP contribution in [-0.2, 0) is 6.18 Å². The van der Waals surface area contributed by atoms with Crippen LogP contribution < -0.4 is 0 Å². The first-order valence-electron chi connectivity index (χ1n) is 3.64. The van der Waals surface area contributed by atoms with Crippen molar-refractivity contribution in [3.8, 4) is 0 Å². The fraction of sp³-hybridized carbons (Fsp3) is 0.111. The van der Waals surface area contributed by atoms with Gasteiger partial charge in [-0.1, -0.05) is 11.6 Å². The molecule has 0 spiro atoms. The standard InChI is InChI=1S/C9H3ClF3S/c10-7-4-6(9(11,12)13)3-5-1-2-14-8(5)7/h2-4H. The molecule has 1 heterocycles. The maximum atomic E-state index is 12.3. The number of alkyl halides is 3. The van der Waals surface area contributed by atoms with Gasteiger partial charge in [0.05, 0.1) is 15.3 Å². The van der Waals surface area contributed by atoms with E-state index >= 15 is 0 Å². The smallest absolute Gasteiger partial charge is 0.166 e. The zero-order valence-corrected chi connectivity index (χ0v) is 8.22.